The molecule has 0 radical (unpaired) electrons. The monoisotopic (exact) mass is 272 g/mol. The Morgan fingerprint density at radius 2 is 2.26 bits per heavy atom. The normalized spacial score (nSPS) is 18.1. The van der Waals surface area contributed by atoms with E-state index in [1.54, 1.807) is 0 Å². The quantitative estimate of drug-likeness (QED) is 0.902. The first-order chi connectivity index (χ1) is 9.40. The smallest absolute Gasteiger partial charge is 0.207 e. The van der Waals surface area contributed by atoms with Crippen LogP contribution >= 0.6 is 11.5 Å². The SMILES string of the molecule is c1cc2c(c(Nc3nc(C4CC4)ns3)c1)CCNC2. The van der Waals surface area contributed by atoms with E-state index in [9.17, 15) is 0 Å². The van der Waals surface area contributed by atoms with E-state index in [1.807, 2.05) is 0 Å². The van der Waals surface area contributed by atoms with Crippen LogP contribution in [-0.4, -0.2) is 15.9 Å². The minimum atomic E-state index is 0.626. The Morgan fingerprint density at radius 1 is 1.32 bits per heavy atom. The van der Waals surface area contributed by atoms with Gasteiger partial charge in [-0.1, -0.05) is 12.1 Å². The van der Waals surface area contributed by atoms with Gasteiger partial charge >= 0.3 is 0 Å². The molecule has 0 bridgehead atoms. The maximum absolute atomic E-state index is 4.60. The van der Waals surface area contributed by atoms with E-state index in [0.717, 1.165) is 30.5 Å². The molecule has 4 nitrogen and oxygen atoms in total. The van der Waals surface area contributed by atoms with E-state index >= 15 is 0 Å². The van der Waals surface area contributed by atoms with Gasteiger partial charge in [0, 0.05) is 29.7 Å². The van der Waals surface area contributed by atoms with Crippen molar-refractivity contribution >= 4 is 22.4 Å². The summed E-state index contributed by atoms with van der Waals surface area (Å²) in [6.07, 6.45) is 3.58. The summed E-state index contributed by atoms with van der Waals surface area (Å²) in [5.41, 5.74) is 4.00. The van der Waals surface area contributed by atoms with Gasteiger partial charge < -0.3 is 10.6 Å². The molecule has 1 aromatic heterocycles. The number of anilines is 2. The summed E-state index contributed by atoms with van der Waals surface area (Å²) >= 11 is 1.48. The predicted octanol–water partition coefficient (Wildman–Crippen LogP) is 2.80. The molecule has 1 aliphatic heterocycles. The van der Waals surface area contributed by atoms with E-state index in [-0.39, 0.29) is 0 Å². The lowest BCUT2D eigenvalue weighted by Gasteiger charge is -2.20. The van der Waals surface area contributed by atoms with Gasteiger partial charge in [-0.05, 0) is 43.0 Å². The molecule has 5 heteroatoms. The Morgan fingerprint density at radius 3 is 3.16 bits per heavy atom. The highest BCUT2D eigenvalue weighted by atomic mass is 32.1. The van der Waals surface area contributed by atoms with Crippen molar-refractivity contribution in [3.05, 3.63) is 35.2 Å². The first-order valence-electron chi connectivity index (χ1n) is 6.82. The van der Waals surface area contributed by atoms with Crippen LogP contribution in [0.3, 0.4) is 0 Å². The van der Waals surface area contributed by atoms with Crippen LogP contribution in [0.2, 0.25) is 0 Å². The summed E-state index contributed by atoms with van der Waals surface area (Å²) in [4.78, 5) is 4.60. The van der Waals surface area contributed by atoms with Gasteiger partial charge in [0.25, 0.3) is 0 Å². The average molecular weight is 272 g/mol. The van der Waals surface area contributed by atoms with Crippen molar-refractivity contribution in [1.29, 1.82) is 0 Å². The minimum Gasteiger partial charge on any atom is -0.330 e. The van der Waals surface area contributed by atoms with Crippen LogP contribution in [-0.2, 0) is 13.0 Å². The Labute approximate surface area is 116 Å². The zero-order chi connectivity index (χ0) is 12.7. The van der Waals surface area contributed by atoms with E-state index in [0.29, 0.717) is 5.92 Å². The lowest BCUT2D eigenvalue weighted by Crippen LogP contribution is -2.24. The fourth-order valence-corrected chi connectivity index (χ4v) is 3.22. The standard InChI is InChI=1S/C14H16N4S/c1-2-10-8-15-7-6-11(10)12(3-1)16-14-17-13(18-19-14)9-4-5-9/h1-3,9,15H,4-8H2,(H,16,17,18). The van der Waals surface area contributed by atoms with Crippen LogP contribution < -0.4 is 10.6 Å². The highest BCUT2D eigenvalue weighted by molar-refractivity contribution is 7.09. The number of hydrogen-bond acceptors (Lipinski definition) is 5. The lowest BCUT2D eigenvalue weighted by atomic mass is 9.99. The molecule has 98 valence electrons. The maximum Gasteiger partial charge on any atom is 0.207 e. The zero-order valence-corrected chi connectivity index (χ0v) is 11.5. The number of benzene rings is 1. The van der Waals surface area contributed by atoms with E-state index in [4.69, 9.17) is 0 Å². The first kappa shape index (κ1) is 11.4. The molecule has 0 amide bonds. The summed E-state index contributed by atoms with van der Waals surface area (Å²) in [5, 5.41) is 7.78. The van der Waals surface area contributed by atoms with Gasteiger partial charge in [-0.2, -0.15) is 4.37 Å². The predicted molar refractivity (Wildman–Crippen MR) is 77.0 cm³/mol. The zero-order valence-electron chi connectivity index (χ0n) is 10.6. The third-order valence-electron chi connectivity index (χ3n) is 3.77. The molecule has 2 N–H and O–H groups in total. The molecule has 0 unspecified atom stereocenters. The van der Waals surface area contributed by atoms with Crippen molar-refractivity contribution in [3.63, 3.8) is 0 Å². The summed E-state index contributed by atoms with van der Waals surface area (Å²) in [6, 6.07) is 6.45. The molecule has 1 aliphatic carbocycles. The van der Waals surface area contributed by atoms with Crippen LogP contribution in [0, 0.1) is 0 Å². The number of nitrogens with one attached hydrogen (secondary N) is 2. The van der Waals surface area contributed by atoms with Gasteiger partial charge in [0.1, 0.15) is 5.82 Å². The summed E-state index contributed by atoms with van der Waals surface area (Å²) in [6.45, 7) is 2.02. The van der Waals surface area contributed by atoms with Crippen molar-refractivity contribution < 1.29 is 0 Å². The van der Waals surface area contributed by atoms with E-state index < -0.39 is 0 Å². The topological polar surface area (TPSA) is 49.8 Å². The first-order valence-corrected chi connectivity index (χ1v) is 7.59. The van der Waals surface area contributed by atoms with Gasteiger partial charge in [0.05, 0.1) is 0 Å². The molecular weight excluding hydrogens is 256 g/mol. The van der Waals surface area contributed by atoms with Crippen LogP contribution in [0.4, 0.5) is 10.8 Å². The van der Waals surface area contributed by atoms with Crippen LogP contribution in [0.15, 0.2) is 18.2 Å². The second kappa shape index (κ2) is 4.58. The van der Waals surface area contributed by atoms with E-state index in [1.165, 1.54) is 41.2 Å². The van der Waals surface area contributed by atoms with E-state index in [2.05, 4.69) is 38.2 Å². The lowest BCUT2D eigenvalue weighted by molar-refractivity contribution is 0.645. The molecule has 1 saturated carbocycles. The summed E-state index contributed by atoms with van der Waals surface area (Å²) in [7, 11) is 0. The Hall–Kier alpha value is -1.46. The Balaban J connectivity index is 1.61. The molecule has 2 aliphatic rings. The average Bonchev–Trinajstić information content (AvgIpc) is 3.20. The number of hydrogen-bond donors (Lipinski definition) is 2. The molecule has 1 aromatic carbocycles. The number of aromatic nitrogens is 2. The molecule has 4 rings (SSSR count). The molecule has 1 fully saturated rings. The van der Waals surface area contributed by atoms with Crippen molar-refractivity contribution in [1.82, 2.24) is 14.7 Å². The molecular formula is C14H16N4S. The molecule has 0 saturated heterocycles. The molecule has 2 heterocycles. The van der Waals surface area contributed by atoms with Gasteiger partial charge in [-0.25, -0.2) is 4.98 Å². The van der Waals surface area contributed by atoms with Crippen molar-refractivity contribution in [3.8, 4) is 0 Å². The highest BCUT2D eigenvalue weighted by Gasteiger charge is 2.27. The molecule has 2 aromatic rings. The fourth-order valence-electron chi connectivity index (χ4n) is 2.56. The summed E-state index contributed by atoms with van der Waals surface area (Å²) < 4.78 is 4.44. The minimum absolute atomic E-state index is 0.626. The number of rotatable bonds is 3. The van der Waals surface area contributed by atoms with Crippen LogP contribution in [0.25, 0.3) is 0 Å². The third-order valence-corrected chi connectivity index (χ3v) is 4.41. The van der Waals surface area contributed by atoms with Crippen LogP contribution in [0.5, 0.6) is 0 Å². The van der Waals surface area contributed by atoms with Crippen molar-refractivity contribution in [2.75, 3.05) is 11.9 Å². The fraction of sp³-hybridized carbons (Fsp3) is 0.429. The Bertz CT molecular complexity index is 603. The van der Waals surface area contributed by atoms with Gasteiger partial charge in [0.2, 0.25) is 5.13 Å². The van der Waals surface area contributed by atoms with Crippen LogP contribution in [0.1, 0.15) is 35.7 Å². The highest BCUT2D eigenvalue weighted by Crippen LogP contribution is 2.39. The third kappa shape index (κ3) is 2.24. The number of nitrogens with zero attached hydrogens (tertiary/aromatic N) is 2. The molecule has 0 atom stereocenters. The van der Waals surface area contributed by atoms with Gasteiger partial charge in [-0.15, -0.1) is 0 Å². The van der Waals surface area contributed by atoms with Crippen molar-refractivity contribution in [2.45, 2.75) is 31.7 Å². The Kier molecular flexibility index (Phi) is 2.74. The van der Waals surface area contributed by atoms with Gasteiger partial charge in [0.15, 0.2) is 0 Å². The second-order valence-corrected chi connectivity index (χ2v) is 5.98. The summed E-state index contributed by atoms with van der Waals surface area (Å²) in [5.74, 6) is 1.65. The molecule has 0 spiro atoms. The largest absolute Gasteiger partial charge is 0.330 e. The second-order valence-electron chi connectivity index (χ2n) is 5.23. The van der Waals surface area contributed by atoms with Gasteiger partial charge in [-0.3, -0.25) is 0 Å². The molecule has 19 heavy (non-hydrogen) atoms. The van der Waals surface area contributed by atoms with Crippen molar-refractivity contribution in [2.24, 2.45) is 0 Å². The number of fused-ring (bicyclic) bond motifs is 1. The maximum atomic E-state index is 4.60.